The fourth-order valence-corrected chi connectivity index (χ4v) is 3.45. The maximum atomic E-state index is 11.5. The Labute approximate surface area is 135 Å². The highest BCUT2D eigenvalue weighted by atomic mass is 35.5. The zero-order valence-corrected chi connectivity index (χ0v) is 14.4. The van der Waals surface area contributed by atoms with Crippen molar-refractivity contribution in [2.45, 2.75) is 6.92 Å². The van der Waals surface area contributed by atoms with Crippen molar-refractivity contribution >= 4 is 44.6 Å². The molecular formula is C13H18ClN3O2S2. The van der Waals surface area contributed by atoms with Gasteiger partial charge in [0.25, 0.3) is 0 Å². The molecule has 1 aromatic rings. The third kappa shape index (κ3) is 4.06. The van der Waals surface area contributed by atoms with Gasteiger partial charge in [-0.1, -0.05) is 17.7 Å². The van der Waals surface area contributed by atoms with E-state index in [1.807, 2.05) is 30.0 Å². The molecule has 1 N–H and O–H groups in total. The van der Waals surface area contributed by atoms with Crippen LogP contribution in [0.25, 0.3) is 0 Å². The summed E-state index contributed by atoms with van der Waals surface area (Å²) in [6.07, 6.45) is 1.23. The van der Waals surface area contributed by atoms with E-state index in [2.05, 4.69) is 5.32 Å². The van der Waals surface area contributed by atoms with Crippen molar-refractivity contribution in [3.63, 3.8) is 0 Å². The highest BCUT2D eigenvalue weighted by molar-refractivity contribution is 7.88. The number of hydrogen-bond acceptors (Lipinski definition) is 3. The zero-order chi connectivity index (χ0) is 15.6. The van der Waals surface area contributed by atoms with E-state index in [0.29, 0.717) is 36.3 Å². The largest absolute Gasteiger partial charge is 0.346 e. The van der Waals surface area contributed by atoms with Crippen LogP contribution in [0, 0.1) is 6.92 Å². The van der Waals surface area contributed by atoms with Gasteiger partial charge in [0, 0.05) is 36.9 Å². The molecule has 0 aliphatic carbocycles. The number of benzene rings is 1. The lowest BCUT2D eigenvalue weighted by molar-refractivity contribution is 0.270. The number of sulfonamides is 1. The quantitative estimate of drug-likeness (QED) is 0.828. The lowest BCUT2D eigenvalue weighted by atomic mass is 10.2. The molecule has 1 fully saturated rings. The van der Waals surface area contributed by atoms with Crippen molar-refractivity contribution in [1.82, 2.24) is 9.21 Å². The fourth-order valence-electron chi connectivity index (χ4n) is 2.16. The average Bonchev–Trinajstić information content (AvgIpc) is 2.43. The van der Waals surface area contributed by atoms with Gasteiger partial charge in [0.2, 0.25) is 10.0 Å². The number of piperazine rings is 1. The summed E-state index contributed by atoms with van der Waals surface area (Å²) in [7, 11) is -3.12. The van der Waals surface area contributed by atoms with Crippen LogP contribution in [0.3, 0.4) is 0 Å². The Hall–Kier alpha value is -0.890. The molecule has 0 spiro atoms. The van der Waals surface area contributed by atoms with Gasteiger partial charge in [-0.15, -0.1) is 0 Å². The molecular weight excluding hydrogens is 330 g/mol. The summed E-state index contributed by atoms with van der Waals surface area (Å²) < 4.78 is 24.4. The molecule has 1 heterocycles. The van der Waals surface area contributed by atoms with Crippen LogP contribution in [0.1, 0.15) is 5.56 Å². The van der Waals surface area contributed by atoms with Crippen LogP contribution in [0.5, 0.6) is 0 Å². The first-order valence-corrected chi connectivity index (χ1v) is 9.18. The molecule has 2 rings (SSSR count). The van der Waals surface area contributed by atoms with Gasteiger partial charge in [0.05, 0.1) is 6.26 Å². The minimum absolute atomic E-state index is 0.454. The number of hydrogen-bond donors (Lipinski definition) is 1. The summed E-state index contributed by atoms with van der Waals surface area (Å²) in [5.74, 6) is 0. The molecule has 0 amide bonds. The number of rotatable bonds is 2. The van der Waals surface area contributed by atoms with Crippen molar-refractivity contribution in [1.29, 1.82) is 0 Å². The van der Waals surface area contributed by atoms with E-state index in [1.54, 1.807) is 0 Å². The van der Waals surface area contributed by atoms with E-state index in [0.717, 1.165) is 11.3 Å². The summed E-state index contributed by atoms with van der Waals surface area (Å²) in [6, 6.07) is 5.61. The Kier molecular flexibility index (Phi) is 5.08. The van der Waals surface area contributed by atoms with Crippen molar-refractivity contribution in [3.05, 3.63) is 28.8 Å². The van der Waals surface area contributed by atoms with Crippen molar-refractivity contribution < 1.29 is 8.42 Å². The summed E-state index contributed by atoms with van der Waals surface area (Å²) in [5.41, 5.74) is 1.81. The second-order valence-corrected chi connectivity index (χ2v) is 7.77. The molecule has 5 nitrogen and oxygen atoms in total. The van der Waals surface area contributed by atoms with Gasteiger partial charge in [-0.05, 0) is 36.8 Å². The molecule has 1 saturated heterocycles. The predicted molar refractivity (Wildman–Crippen MR) is 90.4 cm³/mol. The standard InChI is InChI=1S/C13H18ClN3O2S2/c1-10-11(14)4-3-5-12(10)15-13(20)16-6-8-17(9-7-16)21(2,18)19/h3-5H,6-9H2,1-2H3,(H,15,20). The first kappa shape index (κ1) is 16.5. The number of nitrogens with one attached hydrogen (secondary N) is 1. The topological polar surface area (TPSA) is 52.6 Å². The first-order valence-electron chi connectivity index (χ1n) is 6.55. The van der Waals surface area contributed by atoms with Crippen molar-refractivity contribution in [2.75, 3.05) is 37.8 Å². The van der Waals surface area contributed by atoms with E-state index in [-0.39, 0.29) is 0 Å². The Morgan fingerprint density at radius 3 is 2.48 bits per heavy atom. The van der Waals surface area contributed by atoms with E-state index in [4.69, 9.17) is 23.8 Å². The molecule has 1 aliphatic rings. The van der Waals surface area contributed by atoms with Gasteiger partial charge in [-0.2, -0.15) is 4.31 Å². The van der Waals surface area contributed by atoms with Crippen molar-refractivity contribution in [3.8, 4) is 0 Å². The SMILES string of the molecule is Cc1c(Cl)cccc1NC(=S)N1CCN(S(C)(=O)=O)CC1. The first-order chi connectivity index (χ1) is 9.79. The Morgan fingerprint density at radius 2 is 1.90 bits per heavy atom. The highest BCUT2D eigenvalue weighted by Crippen LogP contribution is 2.23. The van der Waals surface area contributed by atoms with E-state index in [1.165, 1.54) is 10.6 Å². The lowest BCUT2D eigenvalue weighted by Crippen LogP contribution is -2.51. The van der Waals surface area contributed by atoms with E-state index in [9.17, 15) is 8.42 Å². The number of thiocarbonyl (C=S) groups is 1. The van der Waals surface area contributed by atoms with Crippen LogP contribution in [0.4, 0.5) is 5.69 Å². The Morgan fingerprint density at radius 1 is 1.29 bits per heavy atom. The summed E-state index contributed by atoms with van der Waals surface area (Å²) in [5, 5.41) is 4.46. The lowest BCUT2D eigenvalue weighted by Gasteiger charge is -2.35. The van der Waals surface area contributed by atoms with Crippen molar-refractivity contribution in [2.24, 2.45) is 0 Å². The Bertz CT molecular complexity index is 641. The third-order valence-electron chi connectivity index (χ3n) is 3.50. The van der Waals surface area contributed by atoms with Crippen LogP contribution < -0.4 is 5.32 Å². The second kappa shape index (κ2) is 6.48. The molecule has 0 aromatic heterocycles. The monoisotopic (exact) mass is 347 g/mol. The van der Waals surface area contributed by atoms with Crippen LogP contribution in [-0.4, -0.2) is 55.2 Å². The van der Waals surface area contributed by atoms with Gasteiger partial charge >= 0.3 is 0 Å². The van der Waals surface area contributed by atoms with E-state index < -0.39 is 10.0 Å². The molecule has 8 heteroatoms. The van der Waals surface area contributed by atoms with E-state index >= 15 is 0 Å². The molecule has 0 bridgehead atoms. The third-order valence-corrected chi connectivity index (χ3v) is 5.58. The van der Waals surface area contributed by atoms with Gasteiger partial charge < -0.3 is 10.2 Å². The van der Waals surface area contributed by atoms with Crippen LogP contribution in [0.2, 0.25) is 5.02 Å². The van der Waals surface area contributed by atoms with Gasteiger partial charge in [0.1, 0.15) is 0 Å². The smallest absolute Gasteiger partial charge is 0.211 e. The van der Waals surface area contributed by atoms with Gasteiger partial charge in [0.15, 0.2) is 5.11 Å². The summed E-state index contributed by atoms with van der Waals surface area (Å²) in [6.45, 7) is 4.00. The molecule has 1 aliphatic heterocycles. The summed E-state index contributed by atoms with van der Waals surface area (Å²) >= 11 is 11.5. The van der Waals surface area contributed by atoms with Gasteiger partial charge in [-0.3, -0.25) is 0 Å². The van der Waals surface area contributed by atoms with Crippen LogP contribution in [0.15, 0.2) is 18.2 Å². The molecule has 116 valence electrons. The van der Waals surface area contributed by atoms with Crippen LogP contribution in [-0.2, 0) is 10.0 Å². The second-order valence-electron chi connectivity index (χ2n) is 4.99. The molecule has 1 aromatic carbocycles. The minimum Gasteiger partial charge on any atom is -0.346 e. The number of anilines is 1. The molecule has 21 heavy (non-hydrogen) atoms. The maximum absolute atomic E-state index is 11.5. The highest BCUT2D eigenvalue weighted by Gasteiger charge is 2.24. The zero-order valence-electron chi connectivity index (χ0n) is 12.0. The number of nitrogens with zero attached hydrogens (tertiary/aromatic N) is 2. The fraction of sp³-hybridized carbons (Fsp3) is 0.462. The summed E-state index contributed by atoms with van der Waals surface area (Å²) in [4.78, 5) is 1.97. The molecule has 0 radical (unpaired) electrons. The number of halogens is 1. The normalized spacial score (nSPS) is 16.8. The minimum atomic E-state index is -3.12. The predicted octanol–water partition coefficient (Wildman–Crippen LogP) is 1.92. The Balaban J connectivity index is 1.98. The maximum Gasteiger partial charge on any atom is 0.211 e. The van der Waals surface area contributed by atoms with Crippen LogP contribution >= 0.6 is 23.8 Å². The molecule has 0 atom stereocenters. The average molecular weight is 348 g/mol. The van der Waals surface area contributed by atoms with Gasteiger partial charge in [-0.25, -0.2) is 8.42 Å². The molecule has 0 saturated carbocycles. The molecule has 0 unspecified atom stereocenters.